The van der Waals surface area contributed by atoms with Crippen LogP contribution in [0, 0.1) is 0 Å². The number of esters is 3. The monoisotopic (exact) mass is 586 g/mol. The van der Waals surface area contributed by atoms with Gasteiger partial charge >= 0.3 is 17.9 Å². The smallest absolute Gasteiger partial charge is 0.343 e. The molecule has 0 unspecified atom stereocenters. The Labute approximate surface area is 253 Å². The Hall–Kier alpha value is -5.89. The van der Waals surface area contributed by atoms with E-state index in [-0.39, 0.29) is 0 Å². The lowest BCUT2D eigenvalue weighted by molar-refractivity contribution is 0.0251. The molecule has 0 saturated heterocycles. The van der Waals surface area contributed by atoms with Crippen LogP contribution in [-0.4, -0.2) is 32.1 Å². The van der Waals surface area contributed by atoms with Crippen LogP contribution in [0.15, 0.2) is 121 Å². The molecule has 0 saturated carbocycles. The molecular weight excluding hydrogens is 560 g/mol. The van der Waals surface area contributed by atoms with Gasteiger partial charge in [0.25, 0.3) is 0 Å². The van der Waals surface area contributed by atoms with Crippen LogP contribution in [0.3, 0.4) is 0 Å². The van der Waals surface area contributed by atoms with Gasteiger partial charge in [0.15, 0.2) is 5.60 Å². The third kappa shape index (κ3) is 5.25. The van der Waals surface area contributed by atoms with Crippen molar-refractivity contribution >= 4 is 17.9 Å². The Morgan fingerprint density at radius 1 is 0.568 bits per heavy atom. The molecule has 218 valence electrons. The van der Waals surface area contributed by atoms with Gasteiger partial charge in [0.2, 0.25) is 0 Å². The Kier molecular flexibility index (Phi) is 7.56. The van der Waals surface area contributed by atoms with Gasteiger partial charge in [-0.2, -0.15) is 0 Å². The topological polar surface area (TPSA) is 97.4 Å². The van der Waals surface area contributed by atoms with Gasteiger partial charge in [0.1, 0.15) is 23.0 Å². The van der Waals surface area contributed by atoms with Gasteiger partial charge in [-0.1, -0.05) is 54.6 Å². The van der Waals surface area contributed by atoms with Gasteiger partial charge in [0, 0.05) is 16.7 Å². The minimum atomic E-state index is -1.29. The fraction of sp³-hybridized carbons (Fsp3) is 0.0833. The van der Waals surface area contributed by atoms with Gasteiger partial charge in [0.05, 0.1) is 30.9 Å². The number of hydrogen-bond donors (Lipinski definition) is 0. The third-order valence-electron chi connectivity index (χ3n) is 7.33. The predicted molar refractivity (Wildman–Crippen MR) is 161 cm³/mol. The van der Waals surface area contributed by atoms with Crippen molar-refractivity contribution in [2.24, 2.45) is 0 Å². The van der Waals surface area contributed by atoms with E-state index in [1.54, 1.807) is 109 Å². The van der Waals surface area contributed by atoms with Crippen molar-refractivity contribution in [3.05, 3.63) is 155 Å². The van der Waals surface area contributed by atoms with Crippen LogP contribution < -0.4 is 18.9 Å². The Bertz CT molecular complexity index is 1750. The van der Waals surface area contributed by atoms with E-state index in [0.717, 1.165) is 0 Å². The minimum absolute atomic E-state index is 0.314. The van der Waals surface area contributed by atoms with E-state index in [1.165, 1.54) is 14.2 Å². The maximum Gasteiger partial charge on any atom is 0.343 e. The largest absolute Gasteiger partial charge is 0.497 e. The van der Waals surface area contributed by atoms with Crippen LogP contribution in [0.4, 0.5) is 0 Å². The molecule has 5 aromatic carbocycles. The number of carbonyl (C=O) groups excluding carboxylic acids is 3. The lowest BCUT2D eigenvalue weighted by Crippen LogP contribution is -2.29. The lowest BCUT2D eigenvalue weighted by atomic mass is 9.80. The molecule has 0 spiro atoms. The maximum atomic E-state index is 13.1. The van der Waals surface area contributed by atoms with Crippen LogP contribution >= 0.6 is 0 Å². The minimum Gasteiger partial charge on any atom is -0.497 e. The van der Waals surface area contributed by atoms with Gasteiger partial charge in [-0.25, -0.2) is 14.4 Å². The molecule has 6 rings (SSSR count). The standard InChI is InChI=1S/C36H26O8/c1-40-29-9-5-7-23(21-29)33(37)42-27-17-13-25(14-18-27)36(32-12-4-3-11-31(32)35(39)44-36)26-15-19-28(20-16-26)43-34(38)24-8-6-10-30(22-24)41-2/h3-22H,1-2H3. The van der Waals surface area contributed by atoms with Gasteiger partial charge < -0.3 is 23.7 Å². The summed E-state index contributed by atoms with van der Waals surface area (Å²) in [5.74, 6) is 0.163. The molecule has 0 N–H and O–H groups in total. The van der Waals surface area contributed by atoms with Crippen LogP contribution in [-0.2, 0) is 10.3 Å². The molecule has 1 aliphatic heterocycles. The van der Waals surface area contributed by atoms with Crippen molar-refractivity contribution in [2.75, 3.05) is 14.2 Å². The van der Waals surface area contributed by atoms with Crippen molar-refractivity contribution in [3.8, 4) is 23.0 Å². The summed E-state index contributed by atoms with van der Waals surface area (Å²) in [6, 6.07) is 34.1. The zero-order valence-electron chi connectivity index (χ0n) is 23.8. The molecule has 44 heavy (non-hydrogen) atoms. The summed E-state index contributed by atoms with van der Waals surface area (Å²) in [6.07, 6.45) is 0. The fourth-order valence-corrected chi connectivity index (χ4v) is 5.16. The molecule has 0 aromatic heterocycles. The van der Waals surface area contributed by atoms with Crippen LogP contribution in [0.2, 0.25) is 0 Å². The molecule has 8 heteroatoms. The molecule has 0 aliphatic carbocycles. The highest BCUT2D eigenvalue weighted by Crippen LogP contribution is 2.47. The van der Waals surface area contributed by atoms with E-state index in [2.05, 4.69) is 0 Å². The first-order valence-corrected chi connectivity index (χ1v) is 13.7. The normalized spacial score (nSPS) is 12.9. The Morgan fingerprint density at radius 3 is 1.52 bits per heavy atom. The number of benzene rings is 5. The zero-order valence-corrected chi connectivity index (χ0v) is 23.8. The zero-order chi connectivity index (χ0) is 30.7. The number of carbonyl (C=O) groups is 3. The Balaban J connectivity index is 1.31. The molecule has 1 heterocycles. The quantitative estimate of drug-likeness (QED) is 0.148. The molecule has 0 bridgehead atoms. The van der Waals surface area contributed by atoms with Crippen molar-refractivity contribution in [1.29, 1.82) is 0 Å². The average molecular weight is 587 g/mol. The fourth-order valence-electron chi connectivity index (χ4n) is 5.16. The summed E-state index contributed by atoms with van der Waals surface area (Å²) in [7, 11) is 3.05. The molecule has 0 amide bonds. The van der Waals surface area contributed by atoms with E-state index in [0.29, 0.717) is 56.4 Å². The second-order valence-corrected chi connectivity index (χ2v) is 9.91. The molecule has 5 aromatic rings. The average Bonchev–Trinajstić information content (AvgIpc) is 3.38. The predicted octanol–water partition coefficient (Wildman–Crippen LogP) is 6.60. The molecule has 1 aliphatic rings. The highest BCUT2D eigenvalue weighted by atomic mass is 16.6. The first kappa shape index (κ1) is 28.2. The second kappa shape index (κ2) is 11.8. The molecule has 8 nitrogen and oxygen atoms in total. The molecular formula is C36H26O8. The van der Waals surface area contributed by atoms with Gasteiger partial charge in [-0.3, -0.25) is 0 Å². The SMILES string of the molecule is COc1cccc(C(=O)Oc2ccc(C3(c4ccc(OC(=O)c5cccc(OC)c5)cc4)OC(=O)c4ccccc43)cc2)c1. The number of hydrogen-bond acceptors (Lipinski definition) is 8. The first-order valence-electron chi connectivity index (χ1n) is 13.7. The van der Waals surface area contributed by atoms with Crippen molar-refractivity contribution in [3.63, 3.8) is 0 Å². The highest BCUT2D eigenvalue weighted by Gasteiger charge is 2.48. The van der Waals surface area contributed by atoms with E-state index in [4.69, 9.17) is 23.7 Å². The summed E-state index contributed by atoms with van der Waals surface area (Å²) in [6.45, 7) is 0. The summed E-state index contributed by atoms with van der Waals surface area (Å²) in [4.78, 5) is 38.6. The molecule has 0 fully saturated rings. The number of methoxy groups -OCH3 is 2. The summed E-state index contributed by atoms with van der Waals surface area (Å²) in [5, 5.41) is 0. The summed E-state index contributed by atoms with van der Waals surface area (Å²) >= 11 is 0. The maximum absolute atomic E-state index is 13.1. The number of rotatable bonds is 8. The van der Waals surface area contributed by atoms with Crippen LogP contribution in [0.1, 0.15) is 47.8 Å². The Morgan fingerprint density at radius 2 is 1.05 bits per heavy atom. The highest BCUT2D eigenvalue weighted by molar-refractivity contribution is 5.96. The van der Waals surface area contributed by atoms with Gasteiger partial charge in [-0.15, -0.1) is 0 Å². The molecule has 0 atom stereocenters. The van der Waals surface area contributed by atoms with Crippen molar-refractivity contribution in [1.82, 2.24) is 0 Å². The van der Waals surface area contributed by atoms with E-state index in [1.807, 2.05) is 12.1 Å². The first-order chi connectivity index (χ1) is 21.4. The van der Waals surface area contributed by atoms with Crippen molar-refractivity contribution < 1.29 is 38.1 Å². The number of cyclic esters (lactones) is 1. The van der Waals surface area contributed by atoms with E-state index < -0.39 is 23.5 Å². The third-order valence-corrected chi connectivity index (χ3v) is 7.33. The lowest BCUT2D eigenvalue weighted by Gasteiger charge is -2.30. The van der Waals surface area contributed by atoms with E-state index in [9.17, 15) is 14.4 Å². The molecule has 0 radical (unpaired) electrons. The van der Waals surface area contributed by atoms with Crippen LogP contribution in [0.5, 0.6) is 23.0 Å². The number of ether oxygens (including phenoxy) is 5. The number of fused-ring (bicyclic) bond motifs is 1. The summed E-state index contributed by atoms with van der Waals surface area (Å²) < 4.78 is 27.7. The van der Waals surface area contributed by atoms with Gasteiger partial charge in [-0.05, 0) is 66.7 Å². The van der Waals surface area contributed by atoms with Crippen molar-refractivity contribution in [2.45, 2.75) is 5.60 Å². The second-order valence-electron chi connectivity index (χ2n) is 9.91. The van der Waals surface area contributed by atoms with E-state index >= 15 is 0 Å². The van der Waals surface area contributed by atoms with Crippen LogP contribution in [0.25, 0.3) is 0 Å². The summed E-state index contributed by atoms with van der Waals surface area (Å²) in [5.41, 5.74) is 1.77.